The predicted octanol–water partition coefficient (Wildman–Crippen LogP) is -0.390. The summed E-state index contributed by atoms with van der Waals surface area (Å²) in [6, 6.07) is 6.77. The number of fused-ring (bicyclic) bond motifs is 1. The van der Waals surface area contributed by atoms with Crippen LogP contribution in [-0.2, 0) is 11.3 Å². The second-order valence-corrected chi connectivity index (χ2v) is 4.26. The Morgan fingerprint density at radius 3 is 2.68 bits per heavy atom. The molecule has 0 amide bonds. The van der Waals surface area contributed by atoms with Crippen molar-refractivity contribution in [3.63, 3.8) is 0 Å². The summed E-state index contributed by atoms with van der Waals surface area (Å²) in [6.07, 6.45) is 0.747. The number of hydrogen-bond acceptors (Lipinski definition) is 4. The topological polar surface area (TPSA) is 95.0 Å². The molecule has 2 rings (SSSR count). The summed E-state index contributed by atoms with van der Waals surface area (Å²) in [4.78, 5) is 36.8. The highest BCUT2D eigenvalue weighted by atomic mass is 16.4. The van der Waals surface area contributed by atoms with Gasteiger partial charge in [-0.1, -0.05) is 12.1 Å². The fourth-order valence-corrected chi connectivity index (χ4v) is 1.94. The molecule has 0 aliphatic rings. The van der Waals surface area contributed by atoms with E-state index in [1.54, 1.807) is 24.3 Å². The van der Waals surface area contributed by atoms with Gasteiger partial charge in [0, 0.05) is 12.5 Å². The van der Waals surface area contributed by atoms with Crippen LogP contribution in [0, 0.1) is 0 Å². The number of nitrogens with one attached hydrogen (secondary N) is 1. The van der Waals surface area contributed by atoms with Gasteiger partial charge in [0.1, 0.15) is 0 Å². The van der Waals surface area contributed by atoms with Crippen LogP contribution in [0.4, 0.5) is 0 Å². The first-order chi connectivity index (χ1) is 9.09. The summed E-state index contributed by atoms with van der Waals surface area (Å²) in [5.74, 6) is -1.13. The van der Waals surface area contributed by atoms with E-state index in [0.717, 1.165) is 4.57 Å². The Morgan fingerprint density at radius 2 is 1.95 bits per heavy atom. The highest BCUT2D eigenvalue weighted by Gasteiger charge is 2.06. The number of para-hydroxylation sites is 1. The second-order valence-electron chi connectivity index (χ2n) is 4.26. The molecule has 1 heterocycles. The average Bonchev–Trinajstić information content (AvgIpc) is 2.37. The van der Waals surface area contributed by atoms with Crippen LogP contribution in [0.3, 0.4) is 0 Å². The summed E-state index contributed by atoms with van der Waals surface area (Å²) >= 11 is 0. The van der Waals surface area contributed by atoms with Gasteiger partial charge >= 0.3 is 5.69 Å². The van der Waals surface area contributed by atoms with Crippen molar-refractivity contribution in [3.05, 3.63) is 45.1 Å². The number of carbonyl (C=O) groups excluding carboxylic acids is 1. The number of aromatic nitrogens is 2. The summed E-state index contributed by atoms with van der Waals surface area (Å²) in [5.41, 5.74) is -0.326. The van der Waals surface area contributed by atoms with Crippen molar-refractivity contribution in [1.29, 1.82) is 0 Å². The van der Waals surface area contributed by atoms with Gasteiger partial charge in [-0.2, -0.15) is 0 Å². The molecule has 0 aliphatic carbocycles. The number of rotatable bonds is 5. The number of unbranched alkanes of at least 4 members (excludes halogenated alkanes) is 1. The van der Waals surface area contributed by atoms with Crippen molar-refractivity contribution in [3.8, 4) is 0 Å². The molecule has 0 radical (unpaired) electrons. The van der Waals surface area contributed by atoms with Crippen LogP contribution in [0.2, 0.25) is 0 Å². The van der Waals surface area contributed by atoms with Crippen molar-refractivity contribution < 1.29 is 9.90 Å². The fourth-order valence-electron chi connectivity index (χ4n) is 1.94. The van der Waals surface area contributed by atoms with Crippen LogP contribution in [-0.4, -0.2) is 15.5 Å². The Hall–Kier alpha value is -2.37. The van der Waals surface area contributed by atoms with Gasteiger partial charge in [-0.15, -0.1) is 0 Å². The molecule has 0 saturated carbocycles. The lowest BCUT2D eigenvalue weighted by Gasteiger charge is -2.06. The quantitative estimate of drug-likeness (QED) is 0.741. The maximum absolute atomic E-state index is 12.1. The molecule has 1 N–H and O–H groups in total. The van der Waals surface area contributed by atoms with E-state index in [9.17, 15) is 19.5 Å². The first-order valence-corrected chi connectivity index (χ1v) is 6.01. The Labute approximate surface area is 108 Å². The smallest absolute Gasteiger partial charge is 0.328 e. The maximum atomic E-state index is 12.1. The number of nitrogens with zero attached hydrogens (tertiary/aromatic N) is 1. The van der Waals surface area contributed by atoms with Crippen molar-refractivity contribution in [2.24, 2.45) is 0 Å². The molecule has 1 aromatic carbocycles. The summed E-state index contributed by atoms with van der Waals surface area (Å²) in [7, 11) is 0. The van der Waals surface area contributed by atoms with Gasteiger partial charge < -0.3 is 14.9 Å². The van der Waals surface area contributed by atoms with Gasteiger partial charge in [-0.25, -0.2) is 4.79 Å². The zero-order valence-corrected chi connectivity index (χ0v) is 10.2. The largest absolute Gasteiger partial charge is 0.550 e. The van der Waals surface area contributed by atoms with Crippen LogP contribution in [0.25, 0.3) is 10.9 Å². The molecule has 0 aliphatic heterocycles. The molecule has 6 nitrogen and oxygen atoms in total. The lowest BCUT2D eigenvalue weighted by atomic mass is 10.2. The summed E-state index contributed by atoms with van der Waals surface area (Å²) in [6.45, 7) is 0.201. The van der Waals surface area contributed by atoms with Crippen LogP contribution >= 0.6 is 0 Å². The number of aliphatic carboxylic acids is 1. The molecule has 0 bridgehead atoms. The predicted molar refractivity (Wildman–Crippen MR) is 67.7 cm³/mol. The minimum atomic E-state index is -1.13. The zero-order chi connectivity index (χ0) is 13.8. The van der Waals surface area contributed by atoms with E-state index < -0.39 is 11.7 Å². The number of aromatic amines is 1. The van der Waals surface area contributed by atoms with Gasteiger partial charge in [0.2, 0.25) is 0 Å². The molecule has 0 fully saturated rings. The van der Waals surface area contributed by atoms with Crippen molar-refractivity contribution in [1.82, 2.24) is 9.55 Å². The minimum absolute atomic E-state index is 0.0692. The Bertz CT molecular complexity index is 714. The van der Waals surface area contributed by atoms with E-state index in [-0.39, 0.29) is 18.5 Å². The number of H-pyrrole nitrogens is 1. The molecule has 6 heteroatoms. The van der Waals surface area contributed by atoms with Crippen molar-refractivity contribution >= 4 is 16.9 Å². The second kappa shape index (κ2) is 5.51. The Balaban J connectivity index is 2.26. The van der Waals surface area contributed by atoms with Gasteiger partial charge in [-0.05, 0) is 31.4 Å². The van der Waals surface area contributed by atoms with Crippen LogP contribution in [0.5, 0.6) is 0 Å². The monoisotopic (exact) mass is 261 g/mol. The molecule has 1 aromatic heterocycles. The SMILES string of the molecule is O=C([O-])CCCCn1c(=O)[nH]c2ccccc2c1=O. The highest BCUT2D eigenvalue weighted by molar-refractivity contribution is 5.76. The first kappa shape index (κ1) is 13.1. The standard InChI is InChI=1S/C13H14N2O4/c16-11(17)7-3-4-8-15-12(18)9-5-1-2-6-10(9)14-13(15)19/h1-2,5-6H,3-4,7-8H2,(H,14,19)(H,16,17)/p-1. The third kappa shape index (κ3) is 2.90. The maximum Gasteiger partial charge on any atom is 0.328 e. The molecular weight excluding hydrogens is 248 g/mol. The van der Waals surface area contributed by atoms with Crippen LogP contribution in [0.1, 0.15) is 19.3 Å². The minimum Gasteiger partial charge on any atom is -0.550 e. The van der Waals surface area contributed by atoms with E-state index in [0.29, 0.717) is 23.7 Å². The van der Waals surface area contributed by atoms with Crippen LogP contribution < -0.4 is 16.4 Å². The van der Waals surface area contributed by atoms with E-state index in [2.05, 4.69) is 4.98 Å². The summed E-state index contributed by atoms with van der Waals surface area (Å²) in [5, 5.41) is 10.7. The highest BCUT2D eigenvalue weighted by Crippen LogP contribution is 2.03. The first-order valence-electron chi connectivity index (χ1n) is 6.01. The normalized spacial score (nSPS) is 10.7. The molecule has 0 atom stereocenters. The van der Waals surface area contributed by atoms with Gasteiger partial charge in [0.05, 0.1) is 10.9 Å². The lowest BCUT2D eigenvalue weighted by molar-refractivity contribution is -0.305. The van der Waals surface area contributed by atoms with Gasteiger partial charge in [0.25, 0.3) is 5.56 Å². The number of benzene rings is 1. The van der Waals surface area contributed by atoms with Gasteiger partial charge in [0.15, 0.2) is 0 Å². The molecule has 100 valence electrons. The average molecular weight is 261 g/mol. The molecule has 0 unspecified atom stereocenters. The summed E-state index contributed by atoms with van der Waals surface area (Å²) < 4.78 is 1.09. The fraction of sp³-hybridized carbons (Fsp3) is 0.308. The number of hydrogen-bond donors (Lipinski definition) is 1. The molecule has 0 saturated heterocycles. The van der Waals surface area contributed by atoms with E-state index in [1.807, 2.05) is 0 Å². The zero-order valence-electron chi connectivity index (χ0n) is 10.2. The Morgan fingerprint density at radius 1 is 1.21 bits per heavy atom. The van der Waals surface area contributed by atoms with Crippen molar-refractivity contribution in [2.75, 3.05) is 0 Å². The third-order valence-electron chi connectivity index (χ3n) is 2.90. The van der Waals surface area contributed by atoms with E-state index >= 15 is 0 Å². The van der Waals surface area contributed by atoms with Crippen LogP contribution in [0.15, 0.2) is 33.9 Å². The van der Waals surface area contributed by atoms with E-state index in [4.69, 9.17) is 0 Å². The Kier molecular flexibility index (Phi) is 3.79. The molecule has 0 spiro atoms. The van der Waals surface area contributed by atoms with Gasteiger partial charge in [-0.3, -0.25) is 9.36 Å². The number of carboxylic acids is 1. The third-order valence-corrected chi connectivity index (χ3v) is 2.90. The molecule has 2 aromatic rings. The number of carboxylic acid groups (broad SMARTS) is 1. The van der Waals surface area contributed by atoms with E-state index in [1.165, 1.54) is 0 Å². The number of carbonyl (C=O) groups is 1. The molecule has 19 heavy (non-hydrogen) atoms. The molecular formula is C13H13N2O4-. The van der Waals surface area contributed by atoms with Crippen molar-refractivity contribution in [2.45, 2.75) is 25.8 Å². The lowest BCUT2D eigenvalue weighted by Crippen LogP contribution is -2.35.